The number of carbonyl (C=O) groups excluding carboxylic acids is 2. The number of unbranched alkanes of at least 4 members (excludes halogenated alkanes) is 7. The fraction of sp³-hybridized carbons (Fsp3) is 0.750. The molecule has 4 nitrogen and oxygen atoms in total. The van der Waals surface area contributed by atoms with E-state index >= 15 is 0 Å². The lowest BCUT2D eigenvalue weighted by Crippen LogP contribution is -1.99. The molecule has 0 rings (SSSR count). The van der Waals surface area contributed by atoms with E-state index < -0.39 is 0 Å². The van der Waals surface area contributed by atoms with Crippen molar-refractivity contribution in [2.24, 2.45) is 0 Å². The van der Waals surface area contributed by atoms with Crippen LogP contribution in [0.3, 0.4) is 0 Å². The first-order valence-electron chi connectivity index (χ1n) is 10.9. The van der Waals surface area contributed by atoms with E-state index in [1.54, 1.807) is 5.57 Å². The minimum Gasteiger partial charge on any atom is -0.469 e. The summed E-state index contributed by atoms with van der Waals surface area (Å²) in [7, 11) is 2.90. The number of hydrogen-bond acceptors (Lipinski definition) is 4. The summed E-state index contributed by atoms with van der Waals surface area (Å²) in [5.74, 6) is -0.207. The third-order valence-corrected chi connectivity index (χ3v) is 4.87. The highest BCUT2D eigenvalue weighted by Crippen LogP contribution is 2.19. The van der Waals surface area contributed by atoms with Crippen LogP contribution < -0.4 is 0 Å². The second-order valence-corrected chi connectivity index (χ2v) is 7.70. The average Bonchev–Trinajstić information content (AvgIpc) is 2.68. The molecule has 4 heteroatoms. The summed E-state index contributed by atoms with van der Waals surface area (Å²) in [6, 6.07) is 0. The Morgan fingerprint density at radius 1 is 0.607 bits per heavy atom. The molecule has 0 aromatic heterocycles. The predicted octanol–water partition coefficient (Wildman–Crippen LogP) is 6.69. The van der Waals surface area contributed by atoms with Crippen LogP contribution in [0.25, 0.3) is 0 Å². The van der Waals surface area contributed by atoms with Crippen LogP contribution in [-0.4, -0.2) is 26.2 Å². The van der Waals surface area contributed by atoms with Gasteiger partial charge in [0, 0.05) is 12.8 Å². The maximum Gasteiger partial charge on any atom is 0.305 e. The van der Waals surface area contributed by atoms with Gasteiger partial charge in [-0.3, -0.25) is 9.59 Å². The van der Waals surface area contributed by atoms with Crippen LogP contribution in [0, 0.1) is 0 Å². The number of ether oxygens (including phenoxy) is 2. The molecule has 0 saturated carbocycles. The van der Waals surface area contributed by atoms with Crippen LogP contribution in [0.15, 0.2) is 23.3 Å². The lowest BCUT2D eigenvalue weighted by molar-refractivity contribution is -0.141. The van der Waals surface area contributed by atoms with Gasteiger partial charge >= 0.3 is 11.9 Å². The van der Waals surface area contributed by atoms with Crippen LogP contribution in [0.4, 0.5) is 0 Å². The SMILES string of the molecule is COC(=O)CCCCCCC=C(CCC=C(C)C)CCCCCCC(=O)OC. The fourth-order valence-corrected chi connectivity index (χ4v) is 3.13. The Balaban J connectivity index is 4.06. The van der Waals surface area contributed by atoms with Crippen LogP contribution in [0.1, 0.15) is 104 Å². The molecule has 0 aliphatic rings. The molecule has 0 amide bonds. The average molecular weight is 395 g/mol. The van der Waals surface area contributed by atoms with E-state index in [-0.39, 0.29) is 11.9 Å². The molecular weight excluding hydrogens is 352 g/mol. The van der Waals surface area contributed by atoms with Gasteiger partial charge in [0.25, 0.3) is 0 Å². The van der Waals surface area contributed by atoms with Gasteiger partial charge in [-0.15, -0.1) is 0 Å². The van der Waals surface area contributed by atoms with Gasteiger partial charge in [0.2, 0.25) is 0 Å². The van der Waals surface area contributed by atoms with Crippen LogP contribution in [-0.2, 0) is 19.1 Å². The molecule has 0 fully saturated rings. The zero-order chi connectivity index (χ0) is 21.0. The molecule has 0 radical (unpaired) electrons. The molecule has 0 atom stereocenters. The number of rotatable bonds is 17. The molecule has 162 valence electrons. The first kappa shape index (κ1) is 26.4. The normalized spacial score (nSPS) is 11.2. The van der Waals surface area contributed by atoms with Gasteiger partial charge in [0.05, 0.1) is 14.2 Å². The minimum absolute atomic E-state index is 0.103. The highest BCUT2D eigenvalue weighted by molar-refractivity contribution is 5.69. The van der Waals surface area contributed by atoms with Gasteiger partial charge in [-0.05, 0) is 65.2 Å². The van der Waals surface area contributed by atoms with Gasteiger partial charge in [-0.2, -0.15) is 0 Å². The first-order valence-corrected chi connectivity index (χ1v) is 10.9. The number of methoxy groups -OCH3 is 2. The smallest absolute Gasteiger partial charge is 0.305 e. The van der Waals surface area contributed by atoms with E-state index in [2.05, 4.69) is 35.5 Å². The van der Waals surface area contributed by atoms with E-state index in [1.807, 2.05) is 0 Å². The van der Waals surface area contributed by atoms with Crippen molar-refractivity contribution >= 4 is 11.9 Å². The summed E-state index contributed by atoms with van der Waals surface area (Å²) < 4.78 is 9.35. The van der Waals surface area contributed by atoms with Crippen molar-refractivity contribution in [1.29, 1.82) is 0 Å². The number of allylic oxidation sites excluding steroid dienone is 4. The maximum atomic E-state index is 11.1. The Hall–Kier alpha value is -1.58. The lowest BCUT2D eigenvalue weighted by Gasteiger charge is -2.08. The summed E-state index contributed by atoms with van der Waals surface area (Å²) in [6.45, 7) is 4.30. The largest absolute Gasteiger partial charge is 0.469 e. The molecule has 0 heterocycles. The molecule has 0 spiro atoms. The molecule has 0 unspecified atom stereocenters. The van der Waals surface area contributed by atoms with Crippen molar-refractivity contribution in [2.45, 2.75) is 104 Å². The topological polar surface area (TPSA) is 52.6 Å². The lowest BCUT2D eigenvalue weighted by atomic mass is 9.99. The maximum absolute atomic E-state index is 11.1. The Labute approximate surface area is 172 Å². The van der Waals surface area contributed by atoms with Crippen molar-refractivity contribution in [2.75, 3.05) is 14.2 Å². The number of esters is 2. The quantitative estimate of drug-likeness (QED) is 0.157. The first-order chi connectivity index (χ1) is 13.5. The van der Waals surface area contributed by atoms with E-state index in [1.165, 1.54) is 45.5 Å². The predicted molar refractivity (Wildman–Crippen MR) is 116 cm³/mol. The van der Waals surface area contributed by atoms with E-state index in [9.17, 15) is 9.59 Å². The van der Waals surface area contributed by atoms with E-state index in [0.29, 0.717) is 12.8 Å². The standard InChI is InChI=1S/C24H42O4/c1-21(2)15-14-18-22(17-11-8-9-13-20-24(26)28-4)16-10-6-5-7-12-19-23(25)27-3/h15-16H,5-14,17-20H2,1-4H3. The molecule has 0 aromatic rings. The minimum atomic E-state index is -0.104. The van der Waals surface area contributed by atoms with Crippen molar-refractivity contribution in [1.82, 2.24) is 0 Å². The monoisotopic (exact) mass is 394 g/mol. The highest BCUT2D eigenvalue weighted by atomic mass is 16.5. The Bertz CT molecular complexity index is 473. The molecule has 0 saturated heterocycles. The molecule has 0 aliphatic heterocycles. The summed E-state index contributed by atoms with van der Waals surface area (Å²) in [5.41, 5.74) is 2.95. The van der Waals surface area contributed by atoms with Gasteiger partial charge in [0.1, 0.15) is 0 Å². The van der Waals surface area contributed by atoms with Crippen LogP contribution in [0.5, 0.6) is 0 Å². The second-order valence-electron chi connectivity index (χ2n) is 7.70. The third kappa shape index (κ3) is 17.8. The van der Waals surface area contributed by atoms with Crippen molar-refractivity contribution in [3.63, 3.8) is 0 Å². The summed E-state index contributed by atoms with van der Waals surface area (Å²) in [6.07, 6.45) is 19.2. The van der Waals surface area contributed by atoms with Gasteiger partial charge in [-0.25, -0.2) is 0 Å². The van der Waals surface area contributed by atoms with Crippen molar-refractivity contribution < 1.29 is 19.1 Å². The van der Waals surface area contributed by atoms with Gasteiger partial charge in [0.15, 0.2) is 0 Å². The molecular formula is C24H42O4. The van der Waals surface area contributed by atoms with Crippen molar-refractivity contribution in [3.8, 4) is 0 Å². The van der Waals surface area contributed by atoms with Crippen molar-refractivity contribution in [3.05, 3.63) is 23.3 Å². The molecule has 0 N–H and O–H groups in total. The molecule has 0 aliphatic carbocycles. The highest BCUT2D eigenvalue weighted by Gasteiger charge is 2.02. The Morgan fingerprint density at radius 2 is 1.11 bits per heavy atom. The molecule has 28 heavy (non-hydrogen) atoms. The van der Waals surface area contributed by atoms with E-state index in [4.69, 9.17) is 0 Å². The third-order valence-electron chi connectivity index (χ3n) is 4.87. The molecule has 0 aromatic carbocycles. The number of carbonyl (C=O) groups is 2. The molecule has 0 bridgehead atoms. The zero-order valence-electron chi connectivity index (χ0n) is 18.7. The second kappa shape index (κ2) is 18.8. The summed E-state index contributed by atoms with van der Waals surface area (Å²) in [5, 5.41) is 0. The van der Waals surface area contributed by atoms with Crippen LogP contribution in [0.2, 0.25) is 0 Å². The number of hydrogen-bond donors (Lipinski definition) is 0. The summed E-state index contributed by atoms with van der Waals surface area (Å²) in [4.78, 5) is 22.2. The zero-order valence-corrected chi connectivity index (χ0v) is 18.7. The van der Waals surface area contributed by atoms with E-state index in [0.717, 1.165) is 51.4 Å². The fourth-order valence-electron chi connectivity index (χ4n) is 3.13. The van der Waals surface area contributed by atoms with Gasteiger partial charge < -0.3 is 9.47 Å². The summed E-state index contributed by atoms with van der Waals surface area (Å²) >= 11 is 0. The van der Waals surface area contributed by atoms with Gasteiger partial charge in [-0.1, -0.05) is 49.0 Å². The van der Waals surface area contributed by atoms with Crippen LogP contribution >= 0.6 is 0 Å². The Kier molecular flexibility index (Phi) is 17.7. The Morgan fingerprint density at radius 3 is 1.61 bits per heavy atom.